The molecule has 2 rings (SSSR count). The van der Waals surface area contributed by atoms with E-state index in [1.165, 1.54) is 5.57 Å². The van der Waals surface area contributed by atoms with Gasteiger partial charge < -0.3 is 0 Å². The van der Waals surface area contributed by atoms with Crippen LogP contribution in [0, 0.1) is 6.92 Å². The van der Waals surface area contributed by atoms with Crippen LogP contribution in [0.15, 0.2) is 47.4 Å². The molecule has 2 aromatic heterocycles. The molecule has 0 atom stereocenters. The molecule has 0 aliphatic heterocycles. The highest BCUT2D eigenvalue weighted by molar-refractivity contribution is 6.08. The van der Waals surface area contributed by atoms with Crippen LogP contribution in [0.25, 0.3) is 5.69 Å². The summed E-state index contributed by atoms with van der Waals surface area (Å²) in [6.07, 6.45) is 8.75. The summed E-state index contributed by atoms with van der Waals surface area (Å²) in [4.78, 5) is 8.64. The van der Waals surface area contributed by atoms with Crippen molar-refractivity contribution in [3.63, 3.8) is 0 Å². The van der Waals surface area contributed by atoms with Crippen LogP contribution in [0.1, 0.15) is 45.4 Å². The highest BCUT2D eigenvalue weighted by Gasteiger charge is 2.07. The molecular formula is C18H26N4. The Morgan fingerprint density at radius 1 is 1.36 bits per heavy atom. The van der Waals surface area contributed by atoms with Crippen molar-refractivity contribution in [3.05, 3.63) is 53.6 Å². The van der Waals surface area contributed by atoms with Crippen LogP contribution in [0.5, 0.6) is 0 Å². The molecule has 4 heteroatoms. The van der Waals surface area contributed by atoms with Gasteiger partial charge in [-0.05, 0) is 38.5 Å². The zero-order valence-electron chi connectivity index (χ0n) is 14.5. The maximum absolute atomic E-state index is 4.42. The first-order valence-corrected chi connectivity index (χ1v) is 7.76. The van der Waals surface area contributed by atoms with E-state index in [1.807, 2.05) is 50.0 Å². The van der Waals surface area contributed by atoms with E-state index in [9.17, 15) is 0 Å². The van der Waals surface area contributed by atoms with Crippen molar-refractivity contribution >= 4 is 5.71 Å². The van der Waals surface area contributed by atoms with Crippen molar-refractivity contribution in [1.82, 2.24) is 14.8 Å². The van der Waals surface area contributed by atoms with Gasteiger partial charge in [-0.25, -0.2) is 4.68 Å². The Bertz CT molecular complexity index is 651. The molecule has 2 heterocycles. The zero-order chi connectivity index (χ0) is 16.5. The standard InChI is InChI=1S/C16H20N4.C2H6/c1-5-12(2)9-15(17-4)14-10-19-20(11-14)16-7-6-8-18-13(16)3;1-2/h6-11H,5H2,1-4H3;1-2H3/b12-9+,17-15?;. The van der Waals surface area contributed by atoms with Crippen LogP contribution in [0.3, 0.4) is 0 Å². The smallest absolute Gasteiger partial charge is 0.0858 e. The van der Waals surface area contributed by atoms with E-state index in [0.29, 0.717) is 0 Å². The van der Waals surface area contributed by atoms with Gasteiger partial charge in [0.1, 0.15) is 0 Å². The Morgan fingerprint density at radius 3 is 2.68 bits per heavy atom. The van der Waals surface area contributed by atoms with Gasteiger partial charge in [-0.3, -0.25) is 9.98 Å². The fourth-order valence-corrected chi connectivity index (χ4v) is 1.92. The van der Waals surface area contributed by atoms with Gasteiger partial charge in [-0.1, -0.05) is 26.3 Å². The molecule has 0 aliphatic carbocycles. The molecule has 0 saturated heterocycles. The number of hydrogen-bond donors (Lipinski definition) is 0. The molecule has 0 N–H and O–H groups in total. The van der Waals surface area contributed by atoms with Gasteiger partial charge in [0.05, 0.1) is 23.3 Å². The third kappa shape index (κ3) is 4.38. The number of nitrogens with zero attached hydrogens (tertiary/aromatic N) is 4. The summed E-state index contributed by atoms with van der Waals surface area (Å²) in [5.41, 5.74) is 5.22. The van der Waals surface area contributed by atoms with Crippen molar-refractivity contribution in [2.75, 3.05) is 7.05 Å². The molecule has 2 aromatic rings. The SMILES string of the molecule is CC.CC/C(C)=C/C(=NC)c1cnn(-c2cccnc2C)c1. The lowest BCUT2D eigenvalue weighted by atomic mass is 10.1. The Kier molecular flexibility index (Phi) is 7.23. The largest absolute Gasteiger partial charge is 0.288 e. The number of hydrogen-bond acceptors (Lipinski definition) is 3. The molecule has 0 bridgehead atoms. The summed E-state index contributed by atoms with van der Waals surface area (Å²) >= 11 is 0. The van der Waals surface area contributed by atoms with Crippen molar-refractivity contribution in [2.45, 2.75) is 41.0 Å². The van der Waals surface area contributed by atoms with Crippen molar-refractivity contribution < 1.29 is 0 Å². The number of aromatic nitrogens is 3. The van der Waals surface area contributed by atoms with Gasteiger partial charge in [0.2, 0.25) is 0 Å². The summed E-state index contributed by atoms with van der Waals surface area (Å²) in [5, 5.41) is 4.42. The first kappa shape index (κ1) is 17.8. The second-order valence-corrected chi connectivity index (χ2v) is 4.73. The molecule has 4 nitrogen and oxygen atoms in total. The van der Waals surface area contributed by atoms with E-state index in [-0.39, 0.29) is 0 Å². The monoisotopic (exact) mass is 298 g/mol. The van der Waals surface area contributed by atoms with Crippen LogP contribution in [-0.4, -0.2) is 27.5 Å². The van der Waals surface area contributed by atoms with Gasteiger partial charge >= 0.3 is 0 Å². The van der Waals surface area contributed by atoms with E-state index in [4.69, 9.17) is 0 Å². The Hall–Kier alpha value is -2.23. The number of rotatable bonds is 4. The molecule has 0 radical (unpaired) electrons. The summed E-state index contributed by atoms with van der Waals surface area (Å²) in [6.45, 7) is 10.2. The minimum atomic E-state index is 0.956. The van der Waals surface area contributed by atoms with Crippen LogP contribution in [0.4, 0.5) is 0 Å². The van der Waals surface area contributed by atoms with Crippen LogP contribution < -0.4 is 0 Å². The summed E-state index contributed by atoms with van der Waals surface area (Å²) in [5.74, 6) is 0. The lowest BCUT2D eigenvalue weighted by Crippen LogP contribution is -1.99. The number of aryl methyl sites for hydroxylation is 1. The molecule has 0 aliphatic rings. The highest BCUT2D eigenvalue weighted by atomic mass is 15.3. The van der Waals surface area contributed by atoms with Gasteiger partial charge in [0.25, 0.3) is 0 Å². The Labute approximate surface area is 133 Å². The summed E-state index contributed by atoms with van der Waals surface area (Å²) in [6, 6.07) is 3.93. The molecule has 0 aromatic carbocycles. The minimum absolute atomic E-state index is 0.956. The van der Waals surface area contributed by atoms with E-state index in [2.05, 4.69) is 35.0 Å². The number of aliphatic imine (C=N–C) groups is 1. The second-order valence-electron chi connectivity index (χ2n) is 4.73. The van der Waals surface area contributed by atoms with Gasteiger partial charge in [-0.2, -0.15) is 5.10 Å². The average Bonchev–Trinajstić information content (AvgIpc) is 3.04. The minimum Gasteiger partial charge on any atom is -0.288 e. The number of allylic oxidation sites excluding steroid dienone is 2. The Morgan fingerprint density at radius 2 is 2.09 bits per heavy atom. The molecular weight excluding hydrogens is 272 g/mol. The van der Waals surface area contributed by atoms with Crippen molar-refractivity contribution in [2.24, 2.45) is 4.99 Å². The maximum Gasteiger partial charge on any atom is 0.0858 e. The lowest BCUT2D eigenvalue weighted by Gasteiger charge is -2.03. The van der Waals surface area contributed by atoms with Crippen LogP contribution >= 0.6 is 0 Å². The molecule has 0 spiro atoms. The van der Waals surface area contributed by atoms with Crippen molar-refractivity contribution in [3.8, 4) is 5.69 Å². The number of pyridine rings is 1. The van der Waals surface area contributed by atoms with E-state index >= 15 is 0 Å². The molecule has 0 unspecified atom stereocenters. The van der Waals surface area contributed by atoms with Crippen LogP contribution in [0.2, 0.25) is 0 Å². The third-order valence-corrected chi connectivity index (χ3v) is 3.29. The van der Waals surface area contributed by atoms with Crippen molar-refractivity contribution in [1.29, 1.82) is 0 Å². The molecule has 0 amide bonds. The fourth-order valence-electron chi connectivity index (χ4n) is 1.92. The maximum atomic E-state index is 4.42. The van der Waals surface area contributed by atoms with Gasteiger partial charge in [-0.15, -0.1) is 0 Å². The quantitative estimate of drug-likeness (QED) is 0.786. The summed E-state index contributed by atoms with van der Waals surface area (Å²) in [7, 11) is 1.81. The highest BCUT2D eigenvalue weighted by Crippen LogP contribution is 2.13. The first-order chi connectivity index (χ1) is 10.7. The molecule has 118 valence electrons. The topological polar surface area (TPSA) is 43.1 Å². The van der Waals surface area contributed by atoms with Gasteiger partial charge in [0, 0.05) is 25.0 Å². The first-order valence-electron chi connectivity index (χ1n) is 7.76. The van der Waals surface area contributed by atoms with E-state index in [1.54, 1.807) is 13.2 Å². The fraction of sp³-hybridized carbons (Fsp3) is 0.389. The normalized spacial score (nSPS) is 11.9. The Balaban J connectivity index is 0.00000116. The van der Waals surface area contributed by atoms with Gasteiger partial charge in [0.15, 0.2) is 0 Å². The molecule has 0 saturated carbocycles. The summed E-state index contributed by atoms with van der Waals surface area (Å²) < 4.78 is 1.85. The van der Waals surface area contributed by atoms with E-state index in [0.717, 1.165) is 29.1 Å². The predicted octanol–water partition coefficient (Wildman–Crippen LogP) is 4.38. The molecule has 22 heavy (non-hydrogen) atoms. The lowest BCUT2D eigenvalue weighted by molar-refractivity contribution is 0.862. The predicted molar refractivity (Wildman–Crippen MR) is 94.0 cm³/mol. The average molecular weight is 298 g/mol. The zero-order valence-corrected chi connectivity index (χ0v) is 14.5. The third-order valence-electron chi connectivity index (χ3n) is 3.29. The molecule has 0 fully saturated rings. The van der Waals surface area contributed by atoms with Crippen LogP contribution in [-0.2, 0) is 0 Å². The second kappa shape index (κ2) is 8.93. The van der Waals surface area contributed by atoms with E-state index < -0.39 is 0 Å².